The van der Waals surface area contributed by atoms with Crippen molar-refractivity contribution in [3.63, 3.8) is 0 Å². The number of carbonyl (C=O) groups is 3. The Morgan fingerprint density at radius 3 is 1.65 bits per heavy atom. The molecule has 0 aromatic heterocycles. The van der Waals surface area contributed by atoms with Crippen LogP contribution in [0.25, 0.3) is 22.3 Å². The van der Waals surface area contributed by atoms with Crippen LogP contribution in [-0.4, -0.2) is 42.6 Å². The van der Waals surface area contributed by atoms with E-state index < -0.39 is 11.7 Å². The maximum Gasteiger partial charge on any atom is 0.299 e. The first-order valence-electron chi connectivity index (χ1n) is 13.5. The Kier molecular flexibility index (Phi) is 9.78. The van der Waals surface area contributed by atoms with Crippen LogP contribution >= 0.6 is 0 Å². The second-order valence-electron chi connectivity index (χ2n) is 9.60. The Balaban J connectivity index is 0.000000149. The van der Waals surface area contributed by atoms with Gasteiger partial charge in [0.25, 0.3) is 11.7 Å². The van der Waals surface area contributed by atoms with E-state index in [4.69, 9.17) is 0 Å². The van der Waals surface area contributed by atoms with E-state index in [2.05, 4.69) is 91.5 Å². The van der Waals surface area contributed by atoms with Crippen LogP contribution in [0.1, 0.15) is 29.6 Å². The SMILES string of the molecule is C=CCN1C(=O)C(=O)c2ccccc21.CN1CCCCC1=O.c1ccc(-c2ccccc2-c2ccccc2)cc1. The highest BCUT2D eigenvalue weighted by atomic mass is 16.2. The van der Waals surface area contributed by atoms with E-state index in [0.29, 0.717) is 23.7 Å². The Hall–Kier alpha value is -4.77. The zero-order chi connectivity index (χ0) is 28.3. The maximum absolute atomic E-state index is 11.5. The number of fused-ring (bicyclic) bond motifs is 1. The molecule has 5 heteroatoms. The fraction of sp³-hybridized carbons (Fsp3) is 0.171. The summed E-state index contributed by atoms with van der Waals surface area (Å²) in [4.78, 5) is 36.9. The number of likely N-dealkylation sites (tertiary alicyclic amines) is 1. The minimum absolute atomic E-state index is 0.302. The molecule has 4 aromatic carbocycles. The number of para-hydroxylation sites is 1. The van der Waals surface area contributed by atoms with Gasteiger partial charge in [-0.2, -0.15) is 0 Å². The molecule has 40 heavy (non-hydrogen) atoms. The molecule has 0 N–H and O–H groups in total. The predicted octanol–water partition coefficient (Wildman–Crippen LogP) is 7.05. The van der Waals surface area contributed by atoms with Crippen molar-refractivity contribution in [3.8, 4) is 22.3 Å². The van der Waals surface area contributed by atoms with E-state index in [1.165, 1.54) is 33.6 Å². The molecule has 0 atom stereocenters. The van der Waals surface area contributed by atoms with Crippen LogP contribution in [0.15, 0.2) is 122 Å². The number of Topliss-reactive ketones (excluding diaryl/α,β-unsaturated/α-hetero) is 1. The van der Waals surface area contributed by atoms with Crippen LogP contribution < -0.4 is 4.90 Å². The summed E-state index contributed by atoms with van der Waals surface area (Å²) >= 11 is 0. The molecule has 2 heterocycles. The first-order chi connectivity index (χ1) is 19.5. The van der Waals surface area contributed by atoms with E-state index in [1.54, 1.807) is 35.2 Å². The lowest BCUT2D eigenvalue weighted by Crippen LogP contribution is -2.31. The van der Waals surface area contributed by atoms with Gasteiger partial charge in [-0.3, -0.25) is 14.4 Å². The lowest BCUT2D eigenvalue weighted by molar-refractivity contribution is -0.131. The summed E-state index contributed by atoms with van der Waals surface area (Å²) in [6.07, 6.45) is 4.63. The fourth-order valence-corrected chi connectivity index (χ4v) is 4.72. The molecule has 202 valence electrons. The number of benzene rings is 4. The van der Waals surface area contributed by atoms with Gasteiger partial charge in [0.1, 0.15) is 0 Å². The molecule has 2 amide bonds. The van der Waals surface area contributed by atoms with Crippen molar-refractivity contribution < 1.29 is 14.4 Å². The topological polar surface area (TPSA) is 57.7 Å². The summed E-state index contributed by atoms with van der Waals surface area (Å²) in [5.41, 5.74) is 6.25. The summed E-state index contributed by atoms with van der Waals surface area (Å²) in [6.45, 7) is 4.89. The number of hydrogen-bond acceptors (Lipinski definition) is 3. The third-order valence-electron chi connectivity index (χ3n) is 6.85. The minimum Gasteiger partial charge on any atom is -0.346 e. The average Bonchev–Trinajstić information content (AvgIpc) is 3.25. The normalized spacial score (nSPS) is 14.0. The molecule has 1 saturated heterocycles. The minimum atomic E-state index is -0.467. The van der Waals surface area contributed by atoms with Crippen molar-refractivity contribution in [1.29, 1.82) is 0 Å². The van der Waals surface area contributed by atoms with Crippen molar-refractivity contribution in [2.24, 2.45) is 0 Å². The van der Waals surface area contributed by atoms with Crippen molar-refractivity contribution in [2.75, 3.05) is 25.0 Å². The van der Waals surface area contributed by atoms with Crippen molar-refractivity contribution >= 4 is 23.3 Å². The maximum atomic E-state index is 11.5. The molecule has 0 saturated carbocycles. The average molecular weight is 531 g/mol. The number of amides is 2. The summed E-state index contributed by atoms with van der Waals surface area (Å²) in [6, 6.07) is 36.6. The fourth-order valence-electron chi connectivity index (χ4n) is 4.72. The third-order valence-corrected chi connectivity index (χ3v) is 6.85. The summed E-state index contributed by atoms with van der Waals surface area (Å²) in [7, 11) is 1.86. The molecule has 0 bridgehead atoms. The standard InChI is InChI=1S/C18H14.C11H9NO2.C6H11NO/c1-3-9-15(10-4-1)17-13-7-8-14-18(17)16-11-5-2-6-12-16;1-2-7-12-9-6-4-3-5-8(9)10(13)11(12)14;1-7-5-3-2-4-6(7)8/h1-14H;2-6H,1,7H2;2-5H2,1H3. The molecular formula is C35H34N2O3. The number of rotatable bonds is 4. The Morgan fingerprint density at radius 2 is 1.18 bits per heavy atom. The molecule has 4 aromatic rings. The van der Waals surface area contributed by atoms with E-state index >= 15 is 0 Å². The largest absolute Gasteiger partial charge is 0.346 e. The van der Waals surface area contributed by atoms with Crippen LogP contribution in [0.3, 0.4) is 0 Å². The van der Waals surface area contributed by atoms with E-state index in [1.807, 2.05) is 7.05 Å². The van der Waals surface area contributed by atoms with Crippen LogP contribution in [-0.2, 0) is 9.59 Å². The smallest absolute Gasteiger partial charge is 0.299 e. The summed E-state index contributed by atoms with van der Waals surface area (Å²) in [5, 5.41) is 0. The van der Waals surface area contributed by atoms with Gasteiger partial charge in [0.05, 0.1) is 11.3 Å². The van der Waals surface area contributed by atoms with Crippen molar-refractivity contribution in [1.82, 2.24) is 4.90 Å². The van der Waals surface area contributed by atoms with Crippen LogP contribution in [0.5, 0.6) is 0 Å². The highest BCUT2D eigenvalue weighted by molar-refractivity contribution is 6.52. The van der Waals surface area contributed by atoms with Crippen LogP contribution in [0.4, 0.5) is 5.69 Å². The van der Waals surface area contributed by atoms with Crippen molar-refractivity contribution in [2.45, 2.75) is 19.3 Å². The van der Waals surface area contributed by atoms with Gasteiger partial charge in [0, 0.05) is 26.6 Å². The van der Waals surface area contributed by atoms with E-state index in [0.717, 1.165) is 19.4 Å². The number of anilines is 1. The molecule has 0 radical (unpaired) electrons. The quantitative estimate of drug-likeness (QED) is 0.210. The number of ketones is 1. The molecule has 1 fully saturated rings. The van der Waals surface area contributed by atoms with Crippen LogP contribution in [0, 0.1) is 0 Å². The Bertz CT molecular complexity index is 1410. The van der Waals surface area contributed by atoms with Gasteiger partial charge in [-0.15, -0.1) is 6.58 Å². The molecule has 6 rings (SSSR count). The molecule has 5 nitrogen and oxygen atoms in total. The first kappa shape index (κ1) is 28.2. The first-order valence-corrected chi connectivity index (χ1v) is 13.5. The lowest BCUT2D eigenvalue weighted by atomic mass is 9.95. The zero-order valence-electron chi connectivity index (χ0n) is 22.8. The Labute approximate surface area is 236 Å². The van der Waals surface area contributed by atoms with E-state index in [9.17, 15) is 14.4 Å². The second-order valence-corrected chi connectivity index (χ2v) is 9.60. The molecular weight excluding hydrogens is 496 g/mol. The number of hydrogen-bond donors (Lipinski definition) is 0. The zero-order valence-corrected chi connectivity index (χ0v) is 22.8. The lowest BCUT2D eigenvalue weighted by Gasteiger charge is -2.21. The summed E-state index contributed by atoms with van der Waals surface area (Å²) in [5.74, 6) is -0.593. The predicted molar refractivity (Wildman–Crippen MR) is 162 cm³/mol. The highest BCUT2D eigenvalue weighted by Gasteiger charge is 2.34. The van der Waals surface area contributed by atoms with Gasteiger partial charge in [-0.05, 0) is 47.2 Å². The summed E-state index contributed by atoms with van der Waals surface area (Å²) < 4.78 is 0. The van der Waals surface area contributed by atoms with Gasteiger partial charge in [0.2, 0.25) is 5.91 Å². The Morgan fingerprint density at radius 1 is 0.675 bits per heavy atom. The van der Waals surface area contributed by atoms with Gasteiger partial charge in [0.15, 0.2) is 0 Å². The molecule has 2 aliphatic rings. The number of piperidine rings is 1. The van der Waals surface area contributed by atoms with Gasteiger partial charge in [-0.1, -0.05) is 103 Å². The number of carbonyl (C=O) groups excluding carboxylic acids is 3. The van der Waals surface area contributed by atoms with Gasteiger partial charge >= 0.3 is 0 Å². The molecule has 2 aliphatic heterocycles. The highest BCUT2D eigenvalue weighted by Crippen LogP contribution is 2.31. The molecule has 0 spiro atoms. The van der Waals surface area contributed by atoms with E-state index in [-0.39, 0.29) is 0 Å². The number of nitrogens with zero attached hydrogens (tertiary/aromatic N) is 2. The van der Waals surface area contributed by atoms with Crippen molar-refractivity contribution in [3.05, 3.63) is 127 Å². The van der Waals surface area contributed by atoms with Gasteiger partial charge in [-0.25, -0.2) is 0 Å². The molecule has 0 aliphatic carbocycles. The third kappa shape index (κ3) is 6.80. The van der Waals surface area contributed by atoms with Gasteiger partial charge < -0.3 is 9.80 Å². The molecule has 0 unspecified atom stereocenters. The van der Waals surface area contributed by atoms with Crippen LogP contribution in [0.2, 0.25) is 0 Å². The monoisotopic (exact) mass is 530 g/mol. The second kappa shape index (κ2) is 13.9.